The molecule has 0 aliphatic rings. The fourth-order valence-electron chi connectivity index (χ4n) is 2.94. The van der Waals surface area contributed by atoms with E-state index < -0.39 is 12.1 Å². The van der Waals surface area contributed by atoms with Gasteiger partial charge in [0.1, 0.15) is 0 Å². The molecule has 2 aromatic carbocycles. The average Bonchev–Trinajstić information content (AvgIpc) is 2.86. The van der Waals surface area contributed by atoms with E-state index in [0.29, 0.717) is 19.6 Å². The lowest BCUT2D eigenvalue weighted by molar-refractivity contribution is -0.136. The van der Waals surface area contributed by atoms with E-state index in [2.05, 4.69) is 34.1 Å². The molecule has 1 atom stereocenters. The highest BCUT2D eigenvalue weighted by molar-refractivity contribution is 6.07. The largest absolute Gasteiger partial charge is 0.481 e. The van der Waals surface area contributed by atoms with Crippen LogP contribution in [0.15, 0.2) is 48.5 Å². The summed E-state index contributed by atoms with van der Waals surface area (Å²) >= 11 is 0. The predicted molar refractivity (Wildman–Crippen MR) is 90.6 cm³/mol. The normalized spacial score (nSPS) is 12.7. The minimum Gasteiger partial charge on any atom is -0.481 e. The Kier molecular flexibility index (Phi) is 4.60. The van der Waals surface area contributed by atoms with Crippen molar-refractivity contribution in [3.63, 3.8) is 0 Å². The van der Waals surface area contributed by atoms with Gasteiger partial charge in [-0.3, -0.25) is 4.79 Å². The van der Waals surface area contributed by atoms with Crippen molar-refractivity contribution in [2.75, 3.05) is 13.1 Å². The summed E-state index contributed by atoms with van der Waals surface area (Å²) in [5, 5.41) is 24.2. The molecule has 0 bridgehead atoms. The lowest BCUT2D eigenvalue weighted by Gasteiger charge is -2.14. The van der Waals surface area contributed by atoms with E-state index in [0.717, 1.165) is 11.0 Å². The number of aliphatic hydroxyl groups is 1. The van der Waals surface area contributed by atoms with Crippen LogP contribution in [0.1, 0.15) is 6.42 Å². The molecule has 0 radical (unpaired) electrons. The summed E-state index contributed by atoms with van der Waals surface area (Å²) in [7, 11) is 0. The van der Waals surface area contributed by atoms with Crippen LogP contribution in [0.3, 0.4) is 0 Å². The molecular weight excluding hydrogens is 292 g/mol. The number of aromatic nitrogens is 1. The Hall–Kier alpha value is -2.37. The van der Waals surface area contributed by atoms with Gasteiger partial charge in [0.05, 0.1) is 19.1 Å². The van der Waals surface area contributed by atoms with Crippen LogP contribution in [-0.4, -0.2) is 39.9 Å². The minimum atomic E-state index is -0.839. The Morgan fingerprint density at radius 2 is 1.61 bits per heavy atom. The van der Waals surface area contributed by atoms with Crippen LogP contribution >= 0.6 is 0 Å². The number of nitrogens with one attached hydrogen (secondary N) is 1. The van der Waals surface area contributed by atoms with Crippen molar-refractivity contribution in [2.45, 2.75) is 19.1 Å². The number of aliphatic carboxylic acids is 1. The maximum atomic E-state index is 10.5. The minimum absolute atomic E-state index is 0.0576. The average molecular weight is 312 g/mol. The maximum Gasteiger partial charge on any atom is 0.304 e. The SMILES string of the molecule is O=C(O)CCNCC(O)Cn1c2ccccc2c2ccccc21. The summed E-state index contributed by atoms with van der Waals surface area (Å²) in [4.78, 5) is 10.5. The van der Waals surface area contributed by atoms with E-state index in [1.165, 1.54) is 10.8 Å². The number of para-hydroxylation sites is 2. The van der Waals surface area contributed by atoms with E-state index in [9.17, 15) is 9.90 Å². The fraction of sp³-hybridized carbons (Fsp3) is 0.278. The zero-order valence-electron chi connectivity index (χ0n) is 12.8. The lowest BCUT2D eigenvalue weighted by Crippen LogP contribution is -2.31. The molecule has 23 heavy (non-hydrogen) atoms. The number of carboxylic acids is 1. The summed E-state index contributed by atoms with van der Waals surface area (Å²) < 4.78 is 2.12. The van der Waals surface area contributed by atoms with Gasteiger partial charge in [0, 0.05) is 34.9 Å². The van der Waals surface area contributed by atoms with Crippen molar-refractivity contribution < 1.29 is 15.0 Å². The zero-order chi connectivity index (χ0) is 16.2. The molecule has 1 unspecified atom stereocenters. The second-order valence-corrected chi connectivity index (χ2v) is 5.65. The fourth-order valence-corrected chi connectivity index (χ4v) is 2.94. The Balaban J connectivity index is 1.80. The van der Waals surface area contributed by atoms with Crippen molar-refractivity contribution >= 4 is 27.8 Å². The van der Waals surface area contributed by atoms with Crippen LogP contribution in [0.4, 0.5) is 0 Å². The summed E-state index contributed by atoms with van der Waals surface area (Å²) in [5.74, 6) is -0.839. The van der Waals surface area contributed by atoms with Crippen LogP contribution in [0.2, 0.25) is 0 Å². The van der Waals surface area contributed by atoms with Crippen LogP contribution in [0.25, 0.3) is 21.8 Å². The number of carbonyl (C=O) groups is 1. The Morgan fingerprint density at radius 1 is 1.04 bits per heavy atom. The molecule has 0 saturated heterocycles. The molecule has 0 amide bonds. The van der Waals surface area contributed by atoms with E-state index >= 15 is 0 Å². The lowest BCUT2D eigenvalue weighted by atomic mass is 10.2. The van der Waals surface area contributed by atoms with Gasteiger partial charge in [-0.1, -0.05) is 36.4 Å². The third kappa shape index (κ3) is 3.36. The zero-order valence-corrected chi connectivity index (χ0v) is 12.8. The molecule has 0 fully saturated rings. The molecule has 0 saturated carbocycles. The smallest absolute Gasteiger partial charge is 0.304 e. The molecule has 3 rings (SSSR count). The van der Waals surface area contributed by atoms with Crippen molar-refractivity contribution in [1.29, 1.82) is 0 Å². The van der Waals surface area contributed by atoms with Crippen molar-refractivity contribution in [2.24, 2.45) is 0 Å². The standard InChI is InChI=1S/C18H20N2O3/c21-13(11-19-10-9-18(22)23)12-20-16-7-3-1-5-14(16)15-6-2-4-8-17(15)20/h1-8,13,19,21H,9-12H2,(H,22,23). The van der Waals surface area contributed by atoms with Gasteiger partial charge in [0.15, 0.2) is 0 Å². The number of rotatable bonds is 7. The Morgan fingerprint density at radius 3 is 2.17 bits per heavy atom. The molecule has 5 nitrogen and oxygen atoms in total. The second-order valence-electron chi connectivity index (χ2n) is 5.65. The first-order chi connectivity index (χ1) is 11.2. The molecule has 3 aromatic rings. The first-order valence-electron chi connectivity index (χ1n) is 7.73. The van der Waals surface area contributed by atoms with Gasteiger partial charge < -0.3 is 20.1 Å². The quantitative estimate of drug-likeness (QED) is 0.585. The highest BCUT2D eigenvalue weighted by Crippen LogP contribution is 2.28. The van der Waals surface area contributed by atoms with Crippen molar-refractivity contribution in [3.8, 4) is 0 Å². The molecule has 0 aliphatic heterocycles. The van der Waals surface area contributed by atoms with Crippen LogP contribution < -0.4 is 5.32 Å². The summed E-state index contributed by atoms with van der Waals surface area (Å²) in [6.07, 6.45) is -0.523. The molecule has 1 heterocycles. The van der Waals surface area contributed by atoms with Gasteiger partial charge in [-0.05, 0) is 12.1 Å². The molecule has 0 spiro atoms. The molecule has 1 aromatic heterocycles. The van der Waals surface area contributed by atoms with Gasteiger partial charge in [0.25, 0.3) is 0 Å². The van der Waals surface area contributed by atoms with E-state index in [1.807, 2.05) is 24.3 Å². The number of nitrogens with zero attached hydrogens (tertiary/aromatic N) is 1. The highest BCUT2D eigenvalue weighted by atomic mass is 16.4. The van der Waals surface area contributed by atoms with Crippen LogP contribution in [-0.2, 0) is 11.3 Å². The summed E-state index contributed by atoms with van der Waals surface area (Å²) in [6.45, 7) is 1.20. The Bertz CT molecular complexity index is 772. The number of aliphatic hydroxyl groups excluding tert-OH is 1. The van der Waals surface area contributed by atoms with Gasteiger partial charge in [-0.2, -0.15) is 0 Å². The third-order valence-electron chi connectivity index (χ3n) is 3.97. The molecule has 120 valence electrons. The first-order valence-corrected chi connectivity index (χ1v) is 7.73. The second kappa shape index (κ2) is 6.81. The molecule has 5 heteroatoms. The van der Waals surface area contributed by atoms with Gasteiger partial charge in [0.2, 0.25) is 0 Å². The van der Waals surface area contributed by atoms with Crippen LogP contribution in [0, 0.1) is 0 Å². The number of hydrogen-bond acceptors (Lipinski definition) is 3. The van der Waals surface area contributed by atoms with E-state index in [-0.39, 0.29) is 6.42 Å². The molecule has 0 aliphatic carbocycles. The number of fused-ring (bicyclic) bond motifs is 3. The van der Waals surface area contributed by atoms with E-state index in [4.69, 9.17) is 5.11 Å². The van der Waals surface area contributed by atoms with Gasteiger partial charge in [-0.25, -0.2) is 0 Å². The number of hydrogen-bond donors (Lipinski definition) is 3. The first kappa shape index (κ1) is 15.5. The predicted octanol–water partition coefficient (Wildman–Crippen LogP) is 2.22. The number of carboxylic acid groups (broad SMARTS) is 1. The Labute approximate surface area is 134 Å². The van der Waals surface area contributed by atoms with Crippen LogP contribution in [0.5, 0.6) is 0 Å². The monoisotopic (exact) mass is 312 g/mol. The molecule has 3 N–H and O–H groups in total. The summed E-state index contributed by atoms with van der Waals surface area (Å²) in [6, 6.07) is 16.3. The summed E-state index contributed by atoms with van der Waals surface area (Å²) in [5.41, 5.74) is 2.19. The molecular formula is C18H20N2O3. The third-order valence-corrected chi connectivity index (χ3v) is 3.97. The topological polar surface area (TPSA) is 74.5 Å². The van der Waals surface area contributed by atoms with Crippen molar-refractivity contribution in [3.05, 3.63) is 48.5 Å². The maximum absolute atomic E-state index is 10.5. The van der Waals surface area contributed by atoms with Gasteiger partial charge >= 0.3 is 5.97 Å². The van der Waals surface area contributed by atoms with E-state index in [1.54, 1.807) is 0 Å². The van der Waals surface area contributed by atoms with Crippen molar-refractivity contribution in [1.82, 2.24) is 9.88 Å². The highest BCUT2D eigenvalue weighted by Gasteiger charge is 2.13. The number of benzene rings is 2. The van der Waals surface area contributed by atoms with Gasteiger partial charge in [-0.15, -0.1) is 0 Å².